The molecule has 0 bridgehead atoms. The average molecular weight is 492 g/mol. The van der Waals surface area contributed by atoms with Crippen molar-refractivity contribution < 1.29 is 19.1 Å². The van der Waals surface area contributed by atoms with Crippen LogP contribution >= 0.6 is 23.4 Å². The molecule has 1 heterocycles. The topological polar surface area (TPSA) is 87.7 Å². The van der Waals surface area contributed by atoms with Crippen LogP contribution in [0.3, 0.4) is 0 Å². The zero-order valence-electron chi connectivity index (χ0n) is 19.0. The van der Waals surface area contributed by atoms with Crippen molar-refractivity contribution in [3.05, 3.63) is 51.8 Å². The number of nitrogens with one attached hydrogen (secondary N) is 2. The van der Waals surface area contributed by atoms with Gasteiger partial charge in [-0.05, 0) is 62.4 Å². The van der Waals surface area contributed by atoms with Crippen molar-refractivity contribution in [2.45, 2.75) is 37.6 Å². The summed E-state index contributed by atoms with van der Waals surface area (Å²) in [5.74, 6) is -1.76. The number of amides is 2. The van der Waals surface area contributed by atoms with Crippen LogP contribution in [0.1, 0.15) is 30.4 Å². The molecule has 2 amide bonds. The number of esters is 1. The molecule has 1 aliphatic heterocycles. The minimum atomic E-state index is -1.26. The zero-order valence-corrected chi connectivity index (χ0v) is 20.6. The first-order chi connectivity index (χ1) is 15.6. The van der Waals surface area contributed by atoms with Crippen LogP contribution in [0.4, 0.5) is 5.69 Å². The number of halogens is 1. The van der Waals surface area contributed by atoms with Gasteiger partial charge in [0.25, 0.3) is 5.91 Å². The summed E-state index contributed by atoms with van der Waals surface area (Å²) in [5, 5.41) is 5.79. The molecule has 0 saturated heterocycles. The van der Waals surface area contributed by atoms with E-state index in [0.717, 1.165) is 37.7 Å². The number of rotatable bonds is 7. The van der Waals surface area contributed by atoms with Crippen molar-refractivity contribution in [1.82, 2.24) is 10.2 Å². The van der Waals surface area contributed by atoms with Crippen molar-refractivity contribution in [2.75, 3.05) is 32.6 Å². The van der Waals surface area contributed by atoms with Crippen LogP contribution in [0.5, 0.6) is 0 Å². The van der Waals surface area contributed by atoms with Crippen LogP contribution in [-0.2, 0) is 32.0 Å². The van der Waals surface area contributed by atoms with Crippen LogP contribution in [0.2, 0.25) is 0 Å². The van der Waals surface area contributed by atoms with Gasteiger partial charge in [-0.3, -0.25) is 14.4 Å². The molecule has 1 saturated carbocycles. The van der Waals surface area contributed by atoms with Gasteiger partial charge in [-0.1, -0.05) is 42.6 Å². The Hall–Kier alpha value is -2.29. The maximum absolute atomic E-state index is 13.5. The molecule has 2 aliphatic rings. The van der Waals surface area contributed by atoms with Crippen LogP contribution in [-0.4, -0.2) is 55.5 Å². The largest absolute Gasteiger partial charge is 0.469 e. The van der Waals surface area contributed by atoms with Crippen LogP contribution in [0.15, 0.2) is 40.6 Å². The normalized spacial score (nSPS) is 22.6. The number of anilines is 1. The van der Waals surface area contributed by atoms with Crippen molar-refractivity contribution in [3.63, 3.8) is 0 Å². The number of thioether (sulfide) groups is 1. The predicted octanol–water partition coefficient (Wildman–Crippen LogP) is 3.44. The molecule has 2 atom stereocenters. The molecule has 178 valence electrons. The first-order valence-corrected chi connectivity index (χ1v) is 12.1. The minimum Gasteiger partial charge on any atom is -0.469 e. The molecule has 3 rings (SSSR count). The van der Waals surface area contributed by atoms with Crippen molar-refractivity contribution in [1.29, 1.82) is 0 Å². The molecule has 0 spiro atoms. The van der Waals surface area contributed by atoms with E-state index in [1.165, 1.54) is 18.2 Å². The molecular weight excluding hydrogens is 462 g/mol. The highest BCUT2D eigenvalue weighted by atomic mass is 35.5. The average Bonchev–Trinajstić information content (AvgIpc) is 3.12. The Morgan fingerprint density at radius 1 is 1.21 bits per heavy atom. The van der Waals surface area contributed by atoms with E-state index in [1.807, 2.05) is 18.2 Å². The Morgan fingerprint density at radius 3 is 2.58 bits per heavy atom. The summed E-state index contributed by atoms with van der Waals surface area (Å²) in [5.41, 5.74) is 1.89. The van der Waals surface area contributed by atoms with Gasteiger partial charge in [0.15, 0.2) is 0 Å². The van der Waals surface area contributed by atoms with E-state index in [-0.39, 0.29) is 21.6 Å². The molecule has 9 heteroatoms. The van der Waals surface area contributed by atoms with Crippen LogP contribution in [0, 0.1) is 5.92 Å². The van der Waals surface area contributed by atoms with Crippen molar-refractivity contribution >= 4 is 46.8 Å². The van der Waals surface area contributed by atoms with Crippen LogP contribution < -0.4 is 10.6 Å². The van der Waals surface area contributed by atoms with E-state index in [9.17, 15) is 14.4 Å². The maximum Gasteiger partial charge on any atom is 0.308 e. The first kappa shape index (κ1) is 25.3. The number of carbonyl (C=O) groups is 3. The van der Waals surface area contributed by atoms with Gasteiger partial charge in [-0.2, -0.15) is 0 Å². The quantitative estimate of drug-likeness (QED) is 0.448. The lowest BCUT2D eigenvalue weighted by molar-refractivity contribution is -0.145. The highest BCUT2D eigenvalue weighted by molar-refractivity contribution is 8.08. The number of ether oxygens (including phenoxy) is 1. The number of hydrogen-bond acceptors (Lipinski definition) is 6. The lowest BCUT2D eigenvalue weighted by atomic mass is 9.93. The van der Waals surface area contributed by atoms with E-state index in [4.69, 9.17) is 16.3 Å². The van der Waals surface area contributed by atoms with E-state index in [2.05, 4.69) is 35.7 Å². The van der Waals surface area contributed by atoms with Gasteiger partial charge in [-0.25, -0.2) is 0 Å². The maximum atomic E-state index is 13.5. The van der Waals surface area contributed by atoms with Gasteiger partial charge >= 0.3 is 5.97 Å². The fraction of sp³-hybridized carbons (Fsp3) is 0.458. The Bertz CT molecular complexity index is 982. The monoisotopic (exact) mass is 491 g/mol. The number of nitrogens with zero attached hydrogens (tertiary/aromatic N) is 1. The summed E-state index contributed by atoms with van der Waals surface area (Å²) in [6, 6.07) is 5.93. The molecule has 33 heavy (non-hydrogen) atoms. The molecule has 2 unspecified atom stereocenters. The summed E-state index contributed by atoms with van der Waals surface area (Å²) in [6.07, 6.45) is 2.75. The van der Waals surface area contributed by atoms with E-state index in [0.29, 0.717) is 18.5 Å². The Morgan fingerprint density at radius 2 is 1.91 bits per heavy atom. The standard InChI is InChI=1S/C24H30ClN3O4S/c1-15(33-16(2)25)21(29)27-24(10-7-19(14-24)22(30)32-4)23(31)26-20-6-5-17-8-11-28(3)12-9-18(17)13-20/h5-6,13,19H,1-2,7-12,14H2,3-4H3,(H,26,31)(H,27,29). The second kappa shape index (κ2) is 10.8. The van der Waals surface area contributed by atoms with E-state index < -0.39 is 23.3 Å². The van der Waals surface area contributed by atoms with Gasteiger partial charge in [0.2, 0.25) is 5.91 Å². The van der Waals surface area contributed by atoms with Crippen LogP contribution in [0.25, 0.3) is 0 Å². The Kier molecular flexibility index (Phi) is 8.26. The second-order valence-corrected chi connectivity index (χ2v) is 10.5. The fourth-order valence-corrected chi connectivity index (χ4v) is 5.11. The third-order valence-corrected chi connectivity index (χ3v) is 7.20. The third-order valence-electron chi connectivity index (χ3n) is 6.31. The number of likely N-dealkylation sites (N-methyl/N-ethyl adjacent to an activating group) is 1. The fourth-order valence-electron chi connectivity index (χ4n) is 4.42. The van der Waals surface area contributed by atoms with E-state index in [1.54, 1.807) is 0 Å². The highest BCUT2D eigenvalue weighted by Gasteiger charge is 2.49. The Balaban J connectivity index is 1.81. The number of fused-ring (bicyclic) bond motifs is 1. The number of benzene rings is 1. The minimum absolute atomic E-state index is 0.123. The number of hydrogen-bond donors (Lipinski definition) is 2. The second-order valence-electron chi connectivity index (χ2n) is 8.62. The van der Waals surface area contributed by atoms with Crippen molar-refractivity contribution in [3.8, 4) is 0 Å². The molecule has 2 N–H and O–H groups in total. The van der Waals surface area contributed by atoms with Gasteiger partial charge in [-0.15, -0.1) is 0 Å². The summed E-state index contributed by atoms with van der Waals surface area (Å²) in [4.78, 5) is 40.8. The zero-order chi connectivity index (χ0) is 24.2. The lowest BCUT2D eigenvalue weighted by Gasteiger charge is -2.30. The van der Waals surface area contributed by atoms with Gasteiger partial charge in [0, 0.05) is 18.8 Å². The highest BCUT2D eigenvalue weighted by Crippen LogP contribution is 2.37. The summed E-state index contributed by atoms with van der Waals surface area (Å²) in [6.45, 7) is 9.23. The number of carbonyl (C=O) groups excluding carboxylic acids is 3. The number of methoxy groups -OCH3 is 1. The van der Waals surface area contributed by atoms with Gasteiger partial charge in [0.1, 0.15) is 5.54 Å². The molecule has 1 aromatic carbocycles. The molecule has 1 aliphatic carbocycles. The smallest absolute Gasteiger partial charge is 0.308 e. The molecule has 7 nitrogen and oxygen atoms in total. The Labute approximate surface area is 203 Å². The molecule has 0 radical (unpaired) electrons. The lowest BCUT2D eigenvalue weighted by Crippen LogP contribution is -2.55. The van der Waals surface area contributed by atoms with Crippen molar-refractivity contribution in [2.24, 2.45) is 5.92 Å². The molecule has 1 fully saturated rings. The third kappa shape index (κ3) is 6.19. The summed E-state index contributed by atoms with van der Waals surface area (Å²) in [7, 11) is 3.42. The summed E-state index contributed by atoms with van der Waals surface area (Å²) < 4.78 is 5.07. The molecule has 1 aromatic rings. The molecule has 0 aromatic heterocycles. The molecular formula is C24H30ClN3O4S. The SMILES string of the molecule is C=C(Cl)SC(=C)C(=O)NC1(C(=O)Nc2ccc3c(c2)CCN(C)CC3)CCC(C(=O)OC)C1. The van der Waals surface area contributed by atoms with E-state index >= 15 is 0 Å². The summed E-state index contributed by atoms with van der Waals surface area (Å²) >= 11 is 6.71. The van der Waals surface area contributed by atoms with Gasteiger partial charge in [0.05, 0.1) is 22.3 Å². The van der Waals surface area contributed by atoms with Gasteiger partial charge < -0.3 is 20.3 Å². The predicted molar refractivity (Wildman–Crippen MR) is 132 cm³/mol. The first-order valence-electron chi connectivity index (χ1n) is 10.9.